The van der Waals surface area contributed by atoms with Crippen molar-refractivity contribution in [1.82, 2.24) is 0 Å². The van der Waals surface area contributed by atoms with Crippen LogP contribution < -0.4 is 16.4 Å². The third kappa shape index (κ3) is 5.94. The van der Waals surface area contributed by atoms with Crippen LogP contribution in [0.25, 0.3) is 0 Å². The maximum atomic E-state index is 12.5. The summed E-state index contributed by atoms with van der Waals surface area (Å²) in [7, 11) is 0. The van der Waals surface area contributed by atoms with Gasteiger partial charge >= 0.3 is 5.97 Å². The molecule has 2 amide bonds. The van der Waals surface area contributed by atoms with E-state index in [1.165, 1.54) is 18.3 Å². The lowest BCUT2D eigenvalue weighted by Crippen LogP contribution is -2.18. The molecule has 8 heteroatoms. The van der Waals surface area contributed by atoms with Crippen molar-refractivity contribution in [2.45, 2.75) is 19.8 Å². The van der Waals surface area contributed by atoms with Crippen LogP contribution in [0, 0.1) is 11.3 Å². The Morgan fingerprint density at radius 3 is 2.33 bits per heavy atom. The third-order valence-corrected chi connectivity index (χ3v) is 4.06. The minimum atomic E-state index is -0.727. The normalized spacial score (nSPS) is 10.6. The van der Waals surface area contributed by atoms with Gasteiger partial charge in [0, 0.05) is 6.20 Å². The number of rotatable bonds is 9. The number of esters is 1. The highest BCUT2D eigenvalue weighted by Gasteiger charge is 2.17. The molecule has 2 aromatic rings. The maximum absolute atomic E-state index is 12.5. The molecule has 0 saturated heterocycles. The van der Waals surface area contributed by atoms with Crippen molar-refractivity contribution in [2.24, 2.45) is 5.73 Å². The lowest BCUT2D eigenvalue weighted by atomic mass is 10.1. The van der Waals surface area contributed by atoms with Gasteiger partial charge in [-0.2, -0.15) is 5.26 Å². The molecule has 2 aromatic carbocycles. The number of nitrogens with two attached hydrogens (primary N) is 1. The first-order chi connectivity index (χ1) is 14.5. The smallest absolute Gasteiger partial charge is 0.340 e. The van der Waals surface area contributed by atoms with E-state index in [1.807, 2.05) is 6.92 Å². The van der Waals surface area contributed by atoms with E-state index in [9.17, 15) is 19.6 Å². The molecule has 30 heavy (non-hydrogen) atoms. The molecule has 0 heterocycles. The molecule has 154 valence electrons. The molecule has 0 aliphatic heterocycles. The Hall–Kier alpha value is -4.12. The molecule has 0 aliphatic carbocycles. The molecule has 0 spiro atoms. The molecule has 0 atom stereocenters. The summed E-state index contributed by atoms with van der Waals surface area (Å²) in [5.74, 6) is -1.93. The van der Waals surface area contributed by atoms with E-state index in [4.69, 9.17) is 10.5 Å². The van der Waals surface area contributed by atoms with Gasteiger partial charge in [-0.3, -0.25) is 9.59 Å². The average molecular weight is 406 g/mol. The predicted octanol–water partition coefficient (Wildman–Crippen LogP) is 3.20. The number of ether oxygens (including phenoxy) is 1. The first-order valence-corrected chi connectivity index (χ1v) is 9.31. The highest BCUT2D eigenvalue weighted by molar-refractivity contribution is 6.10. The summed E-state index contributed by atoms with van der Waals surface area (Å²) in [5, 5.41) is 14.6. The van der Waals surface area contributed by atoms with Crippen LogP contribution in [-0.2, 0) is 9.53 Å². The zero-order valence-corrected chi connectivity index (χ0v) is 16.5. The zero-order chi connectivity index (χ0) is 21.9. The number of hydrogen-bond acceptors (Lipinski definition) is 6. The fourth-order valence-electron chi connectivity index (χ4n) is 2.47. The number of benzene rings is 2. The fourth-order valence-corrected chi connectivity index (χ4v) is 2.47. The van der Waals surface area contributed by atoms with Gasteiger partial charge in [-0.25, -0.2) is 4.79 Å². The van der Waals surface area contributed by atoms with E-state index in [1.54, 1.807) is 42.5 Å². The van der Waals surface area contributed by atoms with Gasteiger partial charge in [0.25, 0.3) is 11.8 Å². The van der Waals surface area contributed by atoms with Gasteiger partial charge in [-0.1, -0.05) is 37.6 Å². The average Bonchev–Trinajstić information content (AvgIpc) is 2.74. The van der Waals surface area contributed by atoms with Crippen LogP contribution in [0.3, 0.4) is 0 Å². The van der Waals surface area contributed by atoms with Crippen molar-refractivity contribution in [3.05, 3.63) is 71.4 Å². The predicted molar refractivity (Wildman–Crippen MR) is 113 cm³/mol. The quantitative estimate of drug-likeness (QED) is 0.253. The Balaban J connectivity index is 2.17. The van der Waals surface area contributed by atoms with Crippen LogP contribution in [0.2, 0.25) is 0 Å². The number of primary amides is 1. The number of anilines is 2. The number of carbonyl (C=O) groups is 3. The van der Waals surface area contributed by atoms with Crippen LogP contribution in [0.5, 0.6) is 0 Å². The summed E-state index contributed by atoms with van der Waals surface area (Å²) in [6.07, 6.45) is 2.78. The highest BCUT2D eigenvalue weighted by atomic mass is 16.5. The van der Waals surface area contributed by atoms with Crippen molar-refractivity contribution in [2.75, 3.05) is 17.2 Å². The summed E-state index contributed by atoms with van der Waals surface area (Å²) >= 11 is 0. The molecule has 0 fully saturated rings. The van der Waals surface area contributed by atoms with Gasteiger partial charge in [0.1, 0.15) is 11.6 Å². The molecule has 4 N–H and O–H groups in total. The molecule has 0 saturated carbocycles. The molecule has 0 radical (unpaired) electrons. The maximum Gasteiger partial charge on any atom is 0.340 e. The van der Waals surface area contributed by atoms with Crippen molar-refractivity contribution < 1.29 is 19.1 Å². The summed E-state index contributed by atoms with van der Waals surface area (Å²) < 4.78 is 5.19. The van der Waals surface area contributed by atoms with Crippen LogP contribution in [-0.4, -0.2) is 24.4 Å². The molecule has 0 aliphatic rings. The SMILES string of the molecule is CCCCOC(=O)c1ccccc1NC(=O)/C(C#N)=C\Nc1ccccc1C(N)=O. The summed E-state index contributed by atoms with van der Waals surface area (Å²) in [6.45, 7) is 2.26. The zero-order valence-electron chi connectivity index (χ0n) is 16.5. The number of nitrogens with one attached hydrogen (secondary N) is 2. The Morgan fingerprint density at radius 1 is 1.07 bits per heavy atom. The van der Waals surface area contributed by atoms with Gasteiger partial charge < -0.3 is 21.1 Å². The van der Waals surface area contributed by atoms with Gasteiger partial charge in [-0.15, -0.1) is 0 Å². The Labute approximate surface area is 174 Å². The van der Waals surface area contributed by atoms with E-state index in [0.717, 1.165) is 12.8 Å². The summed E-state index contributed by atoms with van der Waals surface area (Å²) in [4.78, 5) is 36.3. The van der Waals surface area contributed by atoms with Crippen LogP contribution >= 0.6 is 0 Å². The molecular weight excluding hydrogens is 384 g/mol. The number of unbranched alkanes of at least 4 members (excludes halogenated alkanes) is 1. The number of nitriles is 1. The first-order valence-electron chi connectivity index (χ1n) is 9.31. The highest BCUT2D eigenvalue weighted by Crippen LogP contribution is 2.18. The van der Waals surface area contributed by atoms with E-state index >= 15 is 0 Å². The van der Waals surface area contributed by atoms with E-state index in [2.05, 4.69) is 10.6 Å². The van der Waals surface area contributed by atoms with Gasteiger partial charge in [-0.05, 0) is 30.7 Å². The number of nitrogens with zero attached hydrogens (tertiary/aromatic N) is 1. The van der Waals surface area contributed by atoms with Crippen LogP contribution in [0.4, 0.5) is 11.4 Å². The monoisotopic (exact) mass is 406 g/mol. The van der Waals surface area contributed by atoms with E-state index < -0.39 is 17.8 Å². The lowest BCUT2D eigenvalue weighted by molar-refractivity contribution is -0.112. The topological polar surface area (TPSA) is 134 Å². The second-order valence-corrected chi connectivity index (χ2v) is 6.21. The second-order valence-electron chi connectivity index (χ2n) is 6.21. The van der Waals surface area contributed by atoms with Gasteiger partial charge in [0.2, 0.25) is 0 Å². The third-order valence-electron chi connectivity index (χ3n) is 4.06. The van der Waals surface area contributed by atoms with Crippen LogP contribution in [0.15, 0.2) is 60.3 Å². The number of para-hydroxylation sites is 2. The van der Waals surface area contributed by atoms with Gasteiger partial charge in [0.05, 0.1) is 29.1 Å². The van der Waals surface area contributed by atoms with E-state index in [-0.39, 0.29) is 29.0 Å². The number of hydrogen-bond donors (Lipinski definition) is 3. The summed E-state index contributed by atoms with van der Waals surface area (Å²) in [5.41, 5.74) is 6.03. The van der Waals surface area contributed by atoms with Crippen molar-refractivity contribution in [3.63, 3.8) is 0 Å². The number of amides is 2. The molecule has 8 nitrogen and oxygen atoms in total. The van der Waals surface area contributed by atoms with Gasteiger partial charge in [0.15, 0.2) is 0 Å². The largest absolute Gasteiger partial charge is 0.462 e. The Bertz CT molecular complexity index is 1010. The standard InChI is InChI=1S/C22H22N4O4/c1-2-3-12-30-22(29)17-9-5-7-11-19(17)26-21(28)15(13-23)14-25-18-10-6-4-8-16(18)20(24)27/h4-11,14,25H,2-3,12H2,1H3,(H2,24,27)(H,26,28)/b15-14-. The van der Waals surface area contributed by atoms with Crippen molar-refractivity contribution in [1.29, 1.82) is 5.26 Å². The molecule has 0 unspecified atom stereocenters. The molecular formula is C22H22N4O4. The second kappa shape index (κ2) is 11.0. The number of carbonyl (C=O) groups excluding carboxylic acids is 3. The van der Waals surface area contributed by atoms with Crippen molar-refractivity contribution in [3.8, 4) is 6.07 Å². The Kier molecular flexibility index (Phi) is 8.15. The fraction of sp³-hybridized carbons (Fsp3) is 0.182. The molecule has 0 aromatic heterocycles. The van der Waals surface area contributed by atoms with E-state index in [0.29, 0.717) is 5.69 Å². The molecule has 0 bridgehead atoms. The Morgan fingerprint density at radius 2 is 1.70 bits per heavy atom. The lowest BCUT2D eigenvalue weighted by Gasteiger charge is -2.11. The minimum absolute atomic E-state index is 0.186. The van der Waals surface area contributed by atoms with Crippen LogP contribution in [0.1, 0.15) is 40.5 Å². The minimum Gasteiger partial charge on any atom is -0.462 e. The first kappa shape index (κ1) is 22.2. The molecule has 2 rings (SSSR count). The van der Waals surface area contributed by atoms with Crippen molar-refractivity contribution >= 4 is 29.2 Å². The summed E-state index contributed by atoms with van der Waals surface area (Å²) in [6, 6.07) is 14.6.